The second-order valence-electron chi connectivity index (χ2n) is 15.0. The van der Waals surface area contributed by atoms with Gasteiger partial charge in [0, 0.05) is 0 Å². The van der Waals surface area contributed by atoms with Crippen molar-refractivity contribution in [3.05, 3.63) is 36.5 Å². The van der Waals surface area contributed by atoms with Gasteiger partial charge in [0.15, 0.2) is 6.29 Å². The molecule has 1 aliphatic rings. The summed E-state index contributed by atoms with van der Waals surface area (Å²) in [7, 11) is 0. The fourth-order valence-electron chi connectivity index (χ4n) is 6.52. The van der Waals surface area contributed by atoms with Crippen LogP contribution in [-0.2, 0) is 14.3 Å². The summed E-state index contributed by atoms with van der Waals surface area (Å²) in [5.41, 5.74) is 0. The first kappa shape index (κ1) is 50.3. The van der Waals surface area contributed by atoms with Crippen LogP contribution in [-0.4, -0.2) is 110 Å². The SMILES string of the molecule is CCCCCC/C=C\CCC(O)C(=O)NC(COC1OC(CO)C(O)C(O)C1O)C(O)C(O)CCC/C=C/CC/C=C/CCCCCCCCCCCC. The molecule has 1 rings (SSSR count). The summed E-state index contributed by atoms with van der Waals surface area (Å²) < 4.78 is 11.0. The Morgan fingerprint density at radius 3 is 1.67 bits per heavy atom. The van der Waals surface area contributed by atoms with E-state index in [9.17, 15) is 40.5 Å². The minimum Gasteiger partial charge on any atom is -0.394 e. The number of carbonyl (C=O) groups excluding carboxylic acids is 1. The molecule has 0 aromatic rings. The summed E-state index contributed by atoms with van der Waals surface area (Å²) in [5.74, 6) is -0.750. The summed E-state index contributed by atoms with van der Waals surface area (Å²) in [4.78, 5) is 12.9. The van der Waals surface area contributed by atoms with Gasteiger partial charge in [0.05, 0.1) is 25.4 Å². The molecule has 0 radical (unpaired) electrons. The van der Waals surface area contributed by atoms with Crippen LogP contribution in [0.4, 0.5) is 0 Å². The van der Waals surface area contributed by atoms with Gasteiger partial charge >= 0.3 is 0 Å². The van der Waals surface area contributed by atoms with Crippen molar-refractivity contribution in [3.8, 4) is 0 Å². The average Bonchev–Trinajstić information content (AvgIpc) is 3.17. The molecule has 0 bridgehead atoms. The fraction of sp³-hybridized carbons (Fsp3) is 0.837. The van der Waals surface area contributed by atoms with Crippen molar-refractivity contribution < 1.29 is 50.0 Å². The monoisotopic (exact) mass is 770 g/mol. The van der Waals surface area contributed by atoms with Crippen LogP contribution >= 0.6 is 0 Å². The molecule has 0 aromatic carbocycles. The first-order chi connectivity index (χ1) is 26.2. The zero-order chi connectivity index (χ0) is 39.8. The molecule has 1 amide bonds. The molecule has 1 saturated heterocycles. The van der Waals surface area contributed by atoms with Crippen molar-refractivity contribution in [1.82, 2.24) is 5.32 Å². The first-order valence-electron chi connectivity index (χ1n) is 21.4. The van der Waals surface area contributed by atoms with Crippen molar-refractivity contribution in [2.24, 2.45) is 0 Å². The van der Waals surface area contributed by atoms with Crippen LogP contribution < -0.4 is 5.32 Å². The minimum absolute atomic E-state index is 0.164. The van der Waals surface area contributed by atoms with E-state index in [1.165, 1.54) is 83.5 Å². The van der Waals surface area contributed by atoms with Crippen LogP contribution in [0, 0.1) is 0 Å². The molecule has 1 aliphatic heterocycles. The highest BCUT2D eigenvalue weighted by Gasteiger charge is 2.44. The fourth-order valence-corrected chi connectivity index (χ4v) is 6.52. The molecule has 9 atom stereocenters. The summed E-state index contributed by atoms with van der Waals surface area (Å²) in [6, 6.07) is -1.20. The molecule has 316 valence electrons. The molecule has 0 spiro atoms. The molecule has 1 fully saturated rings. The van der Waals surface area contributed by atoms with Gasteiger partial charge < -0.3 is 50.5 Å². The highest BCUT2D eigenvalue weighted by Crippen LogP contribution is 2.23. The zero-order valence-electron chi connectivity index (χ0n) is 33.7. The Balaban J connectivity index is 2.51. The number of rotatable bonds is 34. The number of allylic oxidation sites excluding steroid dienone is 6. The number of carbonyl (C=O) groups is 1. The third-order valence-electron chi connectivity index (χ3n) is 10.2. The molecule has 8 N–H and O–H groups in total. The largest absolute Gasteiger partial charge is 0.394 e. The number of aliphatic hydroxyl groups is 7. The van der Waals surface area contributed by atoms with Gasteiger partial charge in [0.2, 0.25) is 5.91 Å². The molecule has 0 aliphatic carbocycles. The van der Waals surface area contributed by atoms with E-state index in [0.717, 1.165) is 32.1 Å². The van der Waals surface area contributed by atoms with Crippen LogP contribution in [0.25, 0.3) is 0 Å². The number of aliphatic hydroxyl groups excluding tert-OH is 7. The number of hydrogen-bond acceptors (Lipinski definition) is 10. The second-order valence-corrected chi connectivity index (χ2v) is 15.0. The topological polar surface area (TPSA) is 189 Å². The molecule has 9 unspecified atom stereocenters. The maximum atomic E-state index is 12.9. The van der Waals surface area contributed by atoms with Gasteiger partial charge in [-0.05, 0) is 70.6 Å². The minimum atomic E-state index is -1.67. The lowest BCUT2D eigenvalue weighted by Gasteiger charge is -2.40. The van der Waals surface area contributed by atoms with E-state index in [1.54, 1.807) is 0 Å². The lowest BCUT2D eigenvalue weighted by molar-refractivity contribution is -0.303. The van der Waals surface area contributed by atoms with Gasteiger partial charge in [0.25, 0.3) is 0 Å². The predicted octanol–water partition coefficient (Wildman–Crippen LogP) is 6.05. The van der Waals surface area contributed by atoms with Crippen LogP contribution in [0.15, 0.2) is 36.5 Å². The molecule has 54 heavy (non-hydrogen) atoms. The maximum absolute atomic E-state index is 12.9. The van der Waals surface area contributed by atoms with E-state index in [2.05, 4.69) is 43.5 Å². The third-order valence-corrected chi connectivity index (χ3v) is 10.2. The lowest BCUT2D eigenvalue weighted by atomic mass is 9.99. The molecular formula is C43H79NO10. The van der Waals surface area contributed by atoms with E-state index >= 15 is 0 Å². The molecule has 11 heteroatoms. The number of unbranched alkanes of at least 4 members (excludes halogenated alkanes) is 16. The van der Waals surface area contributed by atoms with Crippen LogP contribution in [0.3, 0.4) is 0 Å². The van der Waals surface area contributed by atoms with Gasteiger partial charge in [-0.3, -0.25) is 4.79 Å². The van der Waals surface area contributed by atoms with Gasteiger partial charge in [-0.25, -0.2) is 0 Å². The third kappa shape index (κ3) is 23.4. The summed E-state index contributed by atoms with van der Waals surface area (Å²) in [6.07, 6.45) is 25.2. The standard InChI is InChI=1S/C43H79NO10/c1-3-5-7-9-11-13-14-15-16-17-18-19-20-21-22-23-25-26-28-30-35(46)38(48)34(33-53-43-41(51)40(50)39(49)37(32-45)54-43)44-42(52)36(47)31-29-27-24-12-10-8-6-4-2/h19-20,23-25,27,34-41,43,45-51H,3-18,21-22,26,28-33H2,1-2H3,(H,44,52)/b20-19+,25-23+,27-24-. The Bertz CT molecular complexity index is 976. The highest BCUT2D eigenvalue weighted by molar-refractivity contribution is 5.80. The van der Waals surface area contributed by atoms with Crippen molar-refractivity contribution in [2.45, 2.75) is 217 Å². The first-order valence-corrected chi connectivity index (χ1v) is 21.4. The highest BCUT2D eigenvalue weighted by atomic mass is 16.7. The molecular weight excluding hydrogens is 690 g/mol. The Hall–Kier alpha value is -1.67. The Morgan fingerprint density at radius 2 is 1.11 bits per heavy atom. The summed E-state index contributed by atoms with van der Waals surface area (Å²) >= 11 is 0. The Morgan fingerprint density at radius 1 is 0.630 bits per heavy atom. The van der Waals surface area contributed by atoms with Crippen LogP contribution in [0.5, 0.6) is 0 Å². The second kappa shape index (κ2) is 33.5. The summed E-state index contributed by atoms with van der Waals surface area (Å²) in [6.45, 7) is 3.32. The Labute approximate surface area is 326 Å². The number of nitrogens with one attached hydrogen (secondary N) is 1. The predicted molar refractivity (Wildman–Crippen MR) is 215 cm³/mol. The quantitative estimate of drug-likeness (QED) is 0.0283. The average molecular weight is 770 g/mol. The van der Waals surface area contributed by atoms with Crippen LogP contribution in [0.1, 0.15) is 162 Å². The van der Waals surface area contributed by atoms with Gasteiger partial charge in [-0.1, -0.05) is 127 Å². The van der Waals surface area contributed by atoms with Crippen molar-refractivity contribution >= 4 is 5.91 Å². The Kier molecular flexibility index (Phi) is 31.2. The van der Waals surface area contributed by atoms with E-state index in [0.29, 0.717) is 19.3 Å². The van der Waals surface area contributed by atoms with E-state index in [-0.39, 0.29) is 12.8 Å². The number of ether oxygens (including phenoxy) is 2. The van der Waals surface area contributed by atoms with Gasteiger partial charge in [-0.2, -0.15) is 0 Å². The van der Waals surface area contributed by atoms with Crippen LogP contribution in [0.2, 0.25) is 0 Å². The van der Waals surface area contributed by atoms with Crippen molar-refractivity contribution in [2.75, 3.05) is 13.2 Å². The van der Waals surface area contributed by atoms with E-state index in [1.807, 2.05) is 12.2 Å². The lowest BCUT2D eigenvalue weighted by Crippen LogP contribution is -2.60. The van der Waals surface area contributed by atoms with Crippen molar-refractivity contribution in [1.29, 1.82) is 0 Å². The number of amides is 1. The molecule has 0 saturated carbocycles. The van der Waals surface area contributed by atoms with Gasteiger partial charge in [-0.15, -0.1) is 0 Å². The molecule has 0 aromatic heterocycles. The van der Waals surface area contributed by atoms with E-state index in [4.69, 9.17) is 9.47 Å². The zero-order valence-corrected chi connectivity index (χ0v) is 33.7. The normalized spacial score (nSPS) is 23.0. The van der Waals surface area contributed by atoms with Crippen molar-refractivity contribution in [3.63, 3.8) is 0 Å². The summed E-state index contributed by atoms with van der Waals surface area (Å²) in [5, 5.41) is 75.1. The number of hydrogen-bond donors (Lipinski definition) is 8. The smallest absolute Gasteiger partial charge is 0.249 e. The van der Waals surface area contributed by atoms with Gasteiger partial charge in [0.1, 0.15) is 36.6 Å². The molecule has 11 nitrogen and oxygen atoms in total. The maximum Gasteiger partial charge on any atom is 0.249 e. The van der Waals surface area contributed by atoms with E-state index < -0.39 is 74.2 Å². The molecule has 1 heterocycles.